The van der Waals surface area contributed by atoms with Crippen molar-refractivity contribution in [2.24, 2.45) is 5.92 Å². The maximum absolute atomic E-state index is 13.4. The quantitative estimate of drug-likeness (QED) is 0.748. The molecule has 1 aromatic carbocycles. The van der Waals surface area contributed by atoms with Crippen LogP contribution in [-0.2, 0) is 4.79 Å². The van der Waals surface area contributed by atoms with Crippen molar-refractivity contribution in [1.29, 1.82) is 0 Å². The van der Waals surface area contributed by atoms with Gasteiger partial charge in [-0.2, -0.15) is 0 Å². The number of halogens is 1. The number of carbonyl (C=O) groups is 1. The van der Waals surface area contributed by atoms with E-state index in [1.807, 2.05) is 13.8 Å². The van der Waals surface area contributed by atoms with Gasteiger partial charge in [-0.1, -0.05) is 6.07 Å². The number of nitrogens with one attached hydrogen (secondary N) is 3. The first-order valence-corrected chi connectivity index (χ1v) is 6.07. The van der Waals surface area contributed by atoms with E-state index >= 15 is 0 Å². The lowest BCUT2D eigenvalue weighted by Crippen LogP contribution is -2.35. The zero-order valence-corrected chi connectivity index (χ0v) is 10.8. The average Bonchev–Trinajstić information content (AvgIpc) is 2.65. The molecule has 0 radical (unpaired) electrons. The fraction of sp³-hybridized carbons (Fsp3) is 0.462. The van der Waals surface area contributed by atoms with E-state index < -0.39 is 0 Å². The molecule has 0 aliphatic carbocycles. The summed E-state index contributed by atoms with van der Waals surface area (Å²) >= 11 is 0. The summed E-state index contributed by atoms with van der Waals surface area (Å²) in [5, 5.41) is 2.79. The Morgan fingerprint density at radius 3 is 2.50 bits per heavy atom. The van der Waals surface area contributed by atoms with Crippen molar-refractivity contribution in [3.63, 3.8) is 0 Å². The molecular weight excluding hydrogens is 233 g/mol. The van der Waals surface area contributed by atoms with Crippen LogP contribution in [0.25, 0.3) is 0 Å². The van der Waals surface area contributed by atoms with Crippen molar-refractivity contribution < 1.29 is 9.18 Å². The summed E-state index contributed by atoms with van der Waals surface area (Å²) in [7, 11) is 0. The fourth-order valence-electron chi connectivity index (χ4n) is 2.29. The maximum Gasteiger partial charge on any atom is 0.230 e. The van der Waals surface area contributed by atoms with Gasteiger partial charge in [0.1, 0.15) is 5.82 Å². The number of benzene rings is 1. The molecule has 0 bridgehead atoms. The monoisotopic (exact) mass is 251 g/mol. The lowest BCUT2D eigenvalue weighted by molar-refractivity contribution is -0.120. The minimum Gasteiger partial charge on any atom is -0.325 e. The van der Waals surface area contributed by atoms with Crippen molar-refractivity contribution in [2.45, 2.75) is 32.9 Å². The van der Waals surface area contributed by atoms with Gasteiger partial charge in [0.2, 0.25) is 5.91 Å². The highest BCUT2D eigenvalue weighted by molar-refractivity contribution is 5.94. The van der Waals surface area contributed by atoms with Crippen LogP contribution >= 0.6 is 0 Å². The molecule has 1 aromatic rings. The molecular formula is C13H18FN3O. The summed E-state index contributed by atoms with van der Waals surface area (Å²) in [5.74, 6) is -0.578. The van der Waals surface area contributed by atoms with Gasteiger partial charge in [-0.3, -0.25) is 15.6 Å². The van der Waals surface area contributed by atoms with Crippen LogP contribution in [0.2, 0.25) is 0 Å². The van der Waals surface area contributed by atoms with Crippen molar-refractivity contribution in [1.82, 2.24) is 10.9 Å². The number of amides is 1. The summed E-state index contributed by atoms with van der Waals surface area (Å²) in [6.07, 6.45) is 0. The van der Waals surface area contributed by atoms with Gasteiger partial charge >= 0.3 is 0 Å². The minimum absolute atomic E-state index is 0.0499. The smallest absolute Gasteiger partial charge is 0.230 e. The van der Waals surface area contributed by atoms with E-state index in [9.17, 15) is 9.18 Å². The minimum atomic E-state index is -0.309. The van der Waals surface area contributed by atoms with Gasteiger partial charge in [0, 0.05) is 23.3 Å². The van der Waals surface area contributed by atoms with Crippen molar-refractivity contribution in [2.75, 3.05) is 5.32 Å². The van der Waals surface area contributed by atoms with Crippen LogP contribution < -0.4 is 16.2 Å². The van der Waals surface area contributed by atoms with E-state index in [-0.39, 0.29) is 29.7 Å². The average molecular weight is 251 g/mol. The molecule has 1 aliphatic rings. The molecule has 2 rings (SSSR count). The Bertz CT molecular complexity index is 454. The highest BCUT2D eigenvalue weighted by Crippen LogP contribution is 2.21. The second kappa shape index (κ2) is 5.04. The normalized spacial score (nSPS) is 27.2. The SMILES string of the molecule is Cc1c(F)cccc1NC(=O)C1C(C)NNC1C. The van der Waals surface area contributed by atoms with E-state index in [0.29, 0.717) is 11.3 Å². The Morgan fingerprint density at radius 1 is 1.28 bits per heavy atom. The van der Waals surface area contributed by atoms with Crippen LogP contribution in [0.5, 0.6) is 0 Å². The van der Waals surface area contributed by atoms with Crippen LogP contribution in [0.15, 0.2) is 18.2 Å². The molecule has 4 nitrogen and oxygen atoms in total. The molecule has 2 unspecified atom stereocenters. The predicted octanol–water partition coefficient (Wildman–Crippen LogP) is 1.57. The number of anilines is 1. The van der Waals surface area contributed by atoms with Crippen LogP contribution in [0.3, 0.4) is 0 Å². The fourth-order valence-corrected chi connectivity index (χ4v) is 2.29. The van der Waals surface area contributed by atoms with Gasteiger partial charge in [0.25, 0.3) is 0 Å². The molecule has 1 aliphatic heterocycles. The third kappa shape index (κ3) is 2.37. The molecule has 0 aromatic heterocycles. The second-order valence-corrected chi connectivity index (χ2v) is 4.79. The van der Waals surface area contributed by atoms with Gasteiger partial charge in [0.15, 0.2) is 0 Å². The predicted molar refractivity (Wildman–Crippen MR) is 68.5 cm³/mol. The van der Waals surface area contributed by atoms with Gasteiger partial charge in [-0.25, -0.2) is 4.39 Å². The summed E-state index contributed by atoms with van der Waals surface area (Å²) in [5.41, 5.74) is 7.05. The highest BCUT2D eigenvalue weighted by Gasteiger charge is 2.35. The molecule has 1 fully saturated rings. The Morgan fingerprint density at radius 2 is 1.89 bits per heavy atom. The topological polar surface area (TPSA) is 53.2 Å². The van der Waals surface area contributed by atoms with E-state index in [2.05, 4.69) is 16.2 Å². The Kier molecular flexibility index (Phi) is 3.63. The zero-order valence-electron chi connectivity index (χ0n) is 10.8. The number of hydrogen-bond acceptors (Lipinski definition) is 3. The summed E-state index contributed by atoms with van der Waals surface area (Å²) < 4.78 is 13.4. The molecule has 3 N–H and O–H groups in total. The molecule has 18 heavy (non-hydrogen) atoms. The molecule has 2 atom stereocenters. The van der Waals surface area contributed by atoms with Crippen molar-refractivity contribution in [3.05, 3.63) is 29.6 Å². The lowest BCUT2D eigenvalue weighted by atomic mass is 9.95. The van der Waals surface area contributed by atoms with Crippen LogP contribution in [0.1, 0.15) is 19.4 Å². The van der Waals surface area contributed by atoms with Crippen LogP contribution in [-0.4, -0.2) is 18.0 Å². The highest BCUT2D eigenvalue weighted by atomic mass is 19.1. The van der Waals surface area contributed by atoms with Gasteiger partial charge in [-0.15, -0.1) is 0 Å². The van der Waals surface area contributed by atoms with Gasteiger partial charge in [0.05, 0.1) is 5.92 Å². The molecule has 1 heterocycles. The third-order valence-electron chi connectivity index (χ3n) is 3.44. The van der Waals surface area contributed by atoms with E-state index in [4.69, 9.17) is 0 Å². The third-order valence-corrected chi connectivity index (χ3v) is 3.44. The number of carbonyl (C=O) groups excluding carboxylic acids is 1. The van der Waals surface area contributed by atoms with Gasteiger partial charge in [-0.05, 0) is 32.9 Å². The summed E-state index contributed by atoms with van der Waals surface area (Å²) in [4.78, 5) is 12.2. The first-order chi connectivity index (χ1) is 8.50. The van der Waals surface area contributed by atoms with Gasteiger partial charge < -0.3 is 5.32 Å². The standard InChI is InChI=1S/C13H18FN3O/c1-7-10(14)5-4-6-11(7)15-13(18)12-8(2)16-17-9(12)3/h4-6,8-9,12,16-17H,1-3H3,(H,15,18). The van der Waals surface area contributed by atoms with E-state index in [1.165, 1.54) is 6.07 Å². The molecule has 98 valence electrons. The van der Waals surface area contributed by atoms with Crippen molar-refractivity contribution in [3.8, 4) is 0 Å². The molecule has 1 saturated heterocycles. The number of rotatable bonds is 2. The van der Waals surface area contributed by atoms with E-state index in [0.717, 1.165) is 0 Å². The Hall–Kier alpha value is -1.46. The van der Waals surface area contributed by atoms with Crippen LogP contribution in [0, 0.1) is 18.7 Å². The van der Waals surface area contributed by atoms with E-state index in [1.54, 1.807) is 19.1 Å². The number of hydrogen-bond donors (Lipinski definition) is 3. The Labute approximate surface area is 106 Å². The summed E-state index contributed by atoms with van der Waals surface area (Å²) in [6, 6.07) is 4.79. The maximum atomic E-state index is 13.4. The van der Waals surface area contributed by atoms with Crippen molar-refractivity contribution >= 4 is 11.6 Å². The Balaban J connectivity index is 2.14. The van der Waals surface area contributed by atoms with Crippen LogP contribution in [0.4, 0.5) is 10.1 Å². The largest absolute Gasteiger partial charge is 0.325 e. The zero-order chi connectivity index (χ0) is 13.3. The number of hydrazine groups is 1. The molecule has 0 saturated carbocycles. The summed E-state index contributed by atoms with van der Waals surface area (Å²) in [6.45, 7) is 5.54. The molecule has 1 amide bonds. The second-order valence-electron chi connectivity index (χ2n) is 4.79. The molecule has 5 heteroatoms. The first kappa shape index (κ1) is 13.0. The molecule has 0 spiro atoms. The lowest BCUT2D eigenvalue weighted by Gasteiger charge is -2.18. The first-order valence-electron chi connectivity index (χ1n) is 6.07.